The molecule has 0 aliphatic carbocycles. The molecule has 0 aliphatic rings. The molecular formula is C25H19N5O3. The molecule has 33 heavy (non-hydrogen) atoms. The van der Waals surface area contributed by atoms with Gasteiger partial charge in [-0.25, -0.2) is 4.68 Å². The summed E-state index contributed by atoms with van der Waals surface area (Å²) in [6.07, 6.45) is 7.28. The average Bonchev–Trinajstić information content (AvgIpc) is 3.23. The molecule has 162 valence electrons. The van der Waals surface area contributed by atoms with Crippen molar-refractivity contribution in [2.45, 2.75) is 6.54 Å². The Balaban J connectivity index is 1.60. The van der Waals surface area contributed by atoms with Gasteiger partial charge in [-0.3, -0.25) is 14.6 Å². The maximum absolute atomic E-state index is 13.4. The van der Waals surface area contributed by atoms with Crippen molar-refractivity contribution in [1.82, 2.24) is 25.0 Å². The molecule has 0 amide bonds. The van der Waals surface area contributed by atoms with Crippen LogP contribution < -0.4 is 15.7 Å². The standard InChI is InChI=1S/C25H19N5O3/c1-33-19-7-4-18(5-8-19)15-30-23-22(28-29-30)25(32)27-21-14-17(6-9-20(21)24(23)31)3-2-16-10-12-26-13-11-16/h2-14H,15H2,1H3,(H,27,32). The second-order valence-electron chi connectivity index (χ2n) is 7.49. The van der Waals surface area contributed by atoms with Crippen molar-refractivity contribution in [3.63, 3.8) is 0 Å². The summed E-state index contributed by atoms with van der Waals surface area (Å²) in [7, 11) is 1.60. The van der Waals surface area contributed by atoms with Crippen molar-refractivity contribution in [3.05, 3.63) is 104 Å². The van der Waals surface area contributed by atoms with Crippen LogP contribution in [0.5, 0.6) is 5.75 Å². The molecule has 0 fully saturated rings. The van der Waals surface area contributed by atoms with E-state index in [2.05, 4.69) is 20.3 Å². The van der Waals surface area contributed by atoms with Gasteiger partial charge in [0.25, 0.3) is 5.56 Å². The highest BCUT2D eigenvalue weighted by atomic mass is 16.5. The summed E-state index contributed by atoms with van der Waals surface area (Å²) in [5.74, 6) is 0.731. The van der Waals surface area contributed by atoms with E-state index in [1.54, 1.807) is 31.6 Å². The minimum atomic E-state index is -0.464. The molecule has 1 N–H and O–H groups in total. The van der Waals surface area contributed by atoms with E-state index in [0.29, 0.717) is 17.4 Å². The van der Waals surface area contributed by atoms with E-state index in [1.165, 1.54) is 4.68 Å². The number of benzene rings is 2. The van der Waals surface area contributed by atoms with Gasteiger partial charge in [-0.05, 0) is 53.1 Å². The second kappa shape index (κ2) is 8.51. The molecule has 0 saturated heterocycles. The maximum Gasteiger partial charge on any atom is 0.278 e. The van der Waals surface area contributed by atoms with Crippen LogP contribution in [0.25, 0.3) is 34.1 Å². The van der Waals surface area contributed by atoms with Crippen LogP contribution in [0.15, 0.2) is 76.6 Å². The first-order chi connectivity index (χ1) is 16.1. The van der Waals surface area contributed by atoms with Crippen molar-refractivity contribution >= 4 is 34.1 Å². The number of methoxy groups -OCH3 is 1. The number of nitrogens with one attached hydrogen (secondary N) is 1. The van der Waals surface area contributed by atoms with E-state index in [0.717, 1.165) is 22.4 Å². The van der Waals surface area contributed by atoms with Gasteiger partial charge in [0.1, 0.15) is 11.3 Å². The van der Waals surface area contributed by atoms with Gasteiger partial charge < -0.3 is 9.72 Å². The molecule has 0 saturated carbocycles. The van der Waals surface area contributed by atoms with Crippen LogP contribution in [-0.4, -0.2) is 32.1 Å². The largest absolute Gasteiger partial charge is 0.497 e. The molecule has 0 unspecified atom stereocenters. The van der Waals surface area contributed by atoms with Crippen molar-refractivity contribution in [1.29, 1.82) is 0 Å². The minimum absolute atomic E-state index is 0.0126. The quantitative estimate of drug-likeness (QED) is 0.453. The lowest BCUT2D eigenvalue weighted by molar-refractivity contribution is 0.414. The zero-order valence-corrected chi connectivity index (χ0v) is 17.7. The summed E-state index contributed by atoms with van der Waals surface area (Å²) in [4.78, 5) is 33.0. The number of hydrogen-bond donors (Lipinski definition) is 1. The van der Waals surface area contributed by atoms with Gasteiger partial charge >= 0.3 is 0 Å². The number of nitrogens with zero attached hydrogens (tertiary/aromatic N) is 4. The van der Waals surface area contributed by atoms with E-state index in [4.69, 9.17) is 4.74 Å². The maximum atomic E-state index is 13.4. The molecule has 5 rings (SSSR count). The zero-order chi connectivity index (χ0) is 22.8. The highest BCUT2D eigenvalue weighted by Gasteiger charge is 2.14. The molecule has 5 aromatic rings. The van der Waals surface area contributed by atoms with Crippen LogP contribution in [-0.2, 0) is 6.54 Å². The molecule has 8 heteroatoms. The Morgan fingerprint density at radius 2 is 1.73 bits per heavy atom. The smallest absolute Gasteiger partial charge is 0.278 e. The summed E-state index contributed by atoms with van der Waals surface area (Å²) in [5.41, 5.74) is 2.59. The third-order valence-corrected chi connectivity index (χ3v) is 5.37. The third kappa shape index (κ3) is 4.01. The summed E-state index contributed by atoms with van der Waals surface area (Å²) in [6, 6.07) is 16.5. The van der Waals surface area contributed by atoms with Crippen LogP contribution in [0.4, 0.5) is 0 Å². The average molecular weight is 437 g/mol. The predicted octanol–water partition coefficient (Wildman–Crippen LogP) is 3.26. The van der Waals surface area contributed by atoms with Gasteiger partial charge in [0.2, 0.25) is 5.43 Å². The minimum Gasteiger partial charge on any atom is -0.497 e. The number of fused-ring (bicyclic) bond motifs is 2. The molecule has 8 nitrogen and oxygen atoms in total. The van der Waals surface area contributed by atoms with Gasteiger partial charge in [-0.15, -0.1) is 5.10 Å². The SMILES string of the molecule is COc1ccc(Cn2nnc3c(=O)[nH]c4cc(C=Cc5ccncc5)ccc4c(=O)c32)cc1. The lowest BCUT2D eigenvalue weighted by atomic mass is 10.1. The Morgan fingerprint density at radius 1 is 0.970 bits per heavy atom. The van der Waals surface area contributed by atoms with E-state index >= 15 is 0 Å². The summed E-state index contributed by atoms with van der Waals surface area (Å²) < 4.78 is 6.65. The normalized spacial score (nSPS) is 11.4. The van der Waals surface area contributed by atoms with Crippen molar-refractivity contribution in [3.8, 4) is 5.75 Å². The van der Waals surface area contributed by atoms with Gasteiger partial charge in [-0.2, -0.15) is 0 Å². The predicted molar refractivity (Wildman–Crippen MR) is 127 cm³/mol. The van der Waals surface area contributed by atoms with Gasteiger partial charge in [0.15, 0.2) is 5.52 Å². The number of aromatic amines is 1. The Bertz CT molecular complexity index is 1600. The zero-order valence-electron chi connectivity index (χ0n) is 17.7. The Hall–Kier alpha value is -4.59. The molecule has 0 atom stereocenters. The van der Waals surface area contributed by atoms with Crippen LogP contribution >= 0.6 is 0 Å². The number of H-pyrrole nitrogens is 1. The molecule has 0 aliphatic heterocycles. The molecule has 3 aromatic heterocycles. The van der Waals surface area contributed by atoms with Gasteiger partial charge in [-0.1, -0.05) is 35.6 Å². The molecule has 0 radical (unpaired) electrons. The van der Waals surface area contributed by atoms with Crippen LogP contribution in [0.1, 0.15) is 16.7 Å². The second-order valence-corrected chi connectivity index (χ2v) is 7.49. The van der Waals surface area contributed by atoms with Gasteiger partial charge in [0, 0.05) is 17.8 Å². The fourth-order valence-corrected chi connectivity index (χ4v) is 3.65. The van der Waals surface area contributed by atoms with Crippen LogP contribution in [0.2, 0.25) is 0 Å². The number of ether oxygens (including phenoxy) is 1. The fraction of sp³-hybridized carbons (Fsp3) is 0.0800. The van der Waals surface area contributed by atoms with E-state index in [9.17, 15) is 9.59 Å². The first-order valence-electron chi connectivity index (χ1n) is 10.3. The molecule has 0 spiro atoms. The van der Waals surface area contributed by atoms with E-state index < -0.39 is 5.56 Å². The first kappa shape index (κ1) is 20.3. The third-order valence-electron chi connectivity index (χ3n) is 5.37. The molecule has 3 heterocycles. The highest BCUT2D eigenvalue weighted by Crippen LogP contribution is 2.16. The Kier molecular flexibility index (Phi) is 5.24. The monoisotopic (exact) mass is 437 g/mol. The van der Waals surface area contributed by atoms with Crippen LogP contribution in [0.3, 0.4) is 0 Å². The summed E-state index contributed by atoms with van der Waals surface area (Å²) in [5, 5.41) is 8.45. The van der Waals surface area contributed by atoms with Gasteiger partial charge in [0.05, 0.1) is 19.2 Å². The lowest BCUT2D eigenvalue weighted by Crippen LogP contribution is -2.10. The highest BCUT2D eigenvalue weighted by molar-refractivity contribution is 5.88. The summed E-state index contributed by atoms with van der Waals surface area (Å²) >= 11 is 0. The fourth-order valence-electron chi connectivity index (χ4n) is 3.65. The number of aromatic nitrogens is 5. The van der Waals surface area contributed by atoms with E-state index in [-0.39, 0.29) is 16.5 Å². The molecule has 0 bridgehead atoms. The molecule has 2 aromatic carbocycles. The van der Waals surface area contributed by atoms with E-state index in [1.807, 2.05) is 54.6 Å². The Morgan fingerprint density at radius 3 is 2.48 bits per heavy atom. The summed E-state index contributed by atoms with van der Waals surface area (Å²) in [6.45, 7) is 0.299. The van der Waals surface area contributed by atoms with Crippen molar-refractivity contribution in [2.75, 3.05) is 7.11 Å². The number of pyridine rings is 1. The van der Waals surface area contributed by atoms with Crippen molar-refractivity contribution in [2.24, 2.45) is 0 Å². The lowest BCUT2D eigenvalue weighted by Gasteiger charge is -2.04. The topological polar surface area (TPSA) is 103 Å². The number of hydrogen-bond acceptors (Lipinski definition) is 6. The van der Waals surface area contributed by atoms with Crippen molar-refractivity contribution < 1.29 is 4.74 Å². The first-order valence-corrected chi connectivity index (χ1v) is 10.3. The Labute approximate surface area is 187 Å². The van der Waals surface area contributed by atoms with Crippen LogP contribution in [0, 0.1) is 0 Å². The molecular weight excluding hydrogens is 418 g/mol. The number of rotatable bonds is 5.